The highest BCUT2D eigenvalue weighted by molar-refractivity contribution is 6.74. The Hall–Kier alpha value is -4.08. The van der Waals surface area contributed by atoms with Gasteiger partial charge in [0.25, 0.3) is 0 Å². The number of anilines is 1. The Morgan fingerprint density at radius 1 is 0.957 bits per heavy atom. The molecule has 4 aromatic rings. The van der Waals surface area contributed by atoms with Crippen LogP contribution in [0, 0.1) is 18.7 Å². The minimum absolute atomic E-state index is 0.0912. The van der Waals surface area contributed by atoms with E-state index in [1.165, 1.54) is 0 Å². The van der Waals surface area contributed by atoms with Crippen molar-refractivity contribution in [3.8, 4) is 16.9 Å². The number of hydrogen-bond acceptors (Lipinski definition) is 6. The molecule has 2 heterocycles. The SMILES string of the molecule is Cc1nc(CC2CCN(c3ccc(-c4ccc(CO[Si](C)(C)C(C)(C)C)cc4F)cc3)CC2)nc(C(=O)O)c1OCc1ccccc1. The molecule has 0 saturated carbocycles. The molecule has 248 valence electrons. The van der Waals surface area contributed by atoms with E-state index in [1.807, 2.05) is 54.6 Å². The smallest absolute Gasteiger partial charge is 0.358 e. The maximum atomic E-state index is 15.2. The number of rotatable bonds is 11. The van der Waals surface area contributed by atoms with Crippen LogP contribution in [0.25, 0.3) is 11.1 Å². The monoisotopic (exact) mass is 655 g/mol. The molecular formula is C38H46FN3O4Si. The summed E-state index contributed by atoms with van der Waals surface area (Å²) in [7, 11) is -1.91. The fourth-order valence-electron chi connectivity index (χ4n) is 5.63. The average Bonchev–Trinajstić information content (AvgIpc) is 3.03. The summed E-state index contributed by atoms with van der Waals surface area (Å²) >= 11 is 0. The van der Waals surface area contributed by atoms with Crippen LogP contribution in [0.5, 0.6) is 5.75 Å². The van der Waals surface area contributed by atoms with Gasteiger partial charge in [0.2, 0.25) is 0 Å². The standard InChI is InChI=1S/C38H46FN3O4Si/c1-26-36(45-24-28-10-8-7-9-11-28)35(37(43)44)41-34(40-26)23-27-18-20-42(21-19-27)31-15-13-30(14-16-31)32-17-12-29(22-33(32)39)25-46-47(5,6)38(2,3)4/h7-17,22,27H,18-21,23-25H2,1-6H3,(H,43,44). The van der Waals surface area contributed by atoms with Crippen LogP contribution in [0.4, 0.5) is 10.1 Å². The first-order valence-electron chi connectivity index (χ1n) is 16.4. The predicted molar refractivity (Wildman–Crippen MR) is 187 cm³/mol. The highest BCUT2D eigenvalue weighted by atomic mass is 28.4. The minimum Gasteiger partial charge on any atom is -0.484 e. The molecule has 1 aliphatic heterocycles. The van der Waals surface area contributed by atoms with Gasteiger partial charge < -0.3 is 19.2 Å². The van der Waals surface area contributed by atoms with Crippen molar-refractivity contribution < 1.29 is 23.5 Å². The second-order valence-corrected chi connectivity index (χ2v) is 18.8. The zero-order valence-corrected chi connectivity index (χ0v) is 29.3. The van der Waals surface area contributed by atoms with Crippen molar-refractivity contribution in [2.45, 2.75) is 78.3 Å². The molecule has 47 heavy (non-hydrogen) atoms. The third-order valence-corrected chi connectivity index (χ3v) is 14.1. The van der Waals surface area contributed by atoms with Crippen LogP contribution in [0.15, 0.2) is 72.8 Å². The van der Waals surface area contributed by atoms with E-state index in [1.54, 1.807) is 13.0 Å². The molecule has 0 atom stereocenters. The molecule has 7 nitrogen and oxygen atoms in total. The molecule has 0 amide bonds. The molecular weight excluding hydrogens is 610 g/mol. The van der Waals surface area contributed by atoms with Crippen molar-refractivity contribution >= 4 is 20.0 Å². The van der Waals surface area contributed by atoms with Crippen molar-refractivity contribution in [3.63, 3.8) is 0 Å². The lowest BCUT2D eigenvalue weighted by Crippen LogP contribution is -2.40. The van der Waals surface area contributed by atoms with E-state index in [-0.39, 0.29) is 28.9 Å². The van der Waals surface area contributed by atoms with Crippen LogP contribution < -0.4 is 9.64 Å². The summed E-state index contributed by atoms with van der Waals surface area (Å²) < 4.78 is 27.3. The highest BCUT2D eigenvalue weighted by Crippen LogP contribution is 2.37. The first kappa shape index (κ1) is 34.3. The quantitative estimate of drug-likeness (QED) is 0.162. The molecule has 3 aromatic carbocycles. The second kappa shape index (κ2) is 14.4. The summed E-state index contributed by atoms with van der Waals surface area (Å²) in [5, 5.41) is 9.97. The van der Waals surface area contributed by atoms with Gasteiger partial charge in [-0.3, -0.25) is 0 Å². The topological polar surface area (TPSA) is 84.8 Å². The number of halogens is 1. The number of benzene rings is 3. The summed E-state index contributed by atoms with van der Waals surface area (Å²) in [6.45, 7) is 15.2. The summed E-state index contributed by atoms with van der Waals surface area (Å²) in [6, 6.07) is 23.1. The van der Waals surface area contributed by atoms with Gasteiger partial charge in [0.15, 0.2) is 19.8 Å². The van der Waals surface area contributed by atoms with Crippen LogP contribution in [-0.4, -0.2) is 42.5 Å². The van der Waals surface area contributed by atoms with Crippen molar-refractivity contribution in [2.75, 3.05) is 18.0 Å². The van der Waals surface area contributed by atoms with Gasteiger partial charge in [-0.25, -0.2) is 19.2 Å². The molecule has 1 aliphatic rings. The van der Waals surface area contributed by atoms with Gasteiger partial charge in [-0.05, 0) is 78.7 Å². The third kappa shape index (κ3) is 8.45. The van der Waals surface area contributed by atoms with Gasteiger partial charge in [-0.1, -0.05) is 75.4 Å². The normalized spacial score (nSPS) is 14.3. The summed E-state index contributed by atoms with van der Waals surface area (Å²) in [5.41, 5.74) is 4.76. The summed E-state index contributed by atoms with van der Waals surface area (Å²) in [5.74, 6) is -0.265. The molecule has 0 radical (unpaired) electrons. The lowest BCUT2D eigenvalue weighted by Gasteiger charge is -2.36. The molecule has 0 spiro atoms. The minimum atomic E-state index is -1.91. The number of ether oxygens (including phenoxy) is 1. The van der Waals surface area contributed by atoms with Gasteiger partial charge >= 0.3 is 5.97 Å². The van der Waals surface area contributed by atoms with Gasteiger partial charge in [0.05, 0.1) is 12.3 Å². The predicted octanol–water partition coefficient (Wildman–Crippen LogP) is 8.85. The fraction of sp³-hybridized carbons (Fsp3) is 0.395. The molecule has 0 unspecified atom stereocenters. The largest absolute Gasteiger partial charge is 0.484 e. The van der Waals surface area contributed by atoms with Gasteiger partial charge in [-0.2, -0.15) is 0 Å². The summed E-state index contributed by atoms with van der Waals surface area (Å²) in [4.78, 5) is 23.5. The molecule has 1 N–H and O–H groups in total. The number of aryl methyl sites for hydroxylation is 1. The zero-order chi connectivity index (χ0) is 33.8. The van der Waals surface area contributed by atoms with Crippen LogP contribution in [0.3, 0.4) is 0 Å². The Kier molecular flexibility index (Phi) is 10.5. The van der Waals surface area contributed by atoms with Crippen molar-refractivity contribution in [1.82, 2.24) is 9.97 Å². The Balaban J connectivity index is 1.17. The van der Waals surface area contributed by atoms with Crippen LogP contribution in [-0.2, 0) is 24.1 Å². The van der Waals surface area contributed by atoms with E-state index in [9.17, 15) is 9.90 Å². The lowest BCUT2D eigenvalue weighted by molar-refractivity contribution is 0.0683. The van der Waals surface area contributed by atoms with Gasteiger partial charge in [0, 0.05) is 30.8 Å². The molecule has 1 saturated heterocycles. The van der Waals surface area contributed by atoms with E-state index < -0.39 is 14.3 Å². The van der Waals surface area contributed by atoms with E-state index in [0.29, 0.717) is 36.0 Å². The van der Waals surface area contributed by atoms with E-state index >= 15 is 4.39 Å². The highest BCUT2D eigenvalue weighted by Gasteiger charge is 2.37. The average molecular weight is 656 g/mol. The number of piperidine rings is 1. The number of nitrogens with zero attached hydrogens (tertiary/aromatic N) is 3. The number of carboxylic acid groups (broad SMARTS) is 1. The van der Waals surface area contributed by atoms with Crippen LogP contribution in [0.1, 0.15) is 66.7 Å². The van der Waals surface area contributed by atoms with Crippen molar-refractivity contribution in [1.29, 1.82) is 0 Å². The molecule has 5 rings (SSSR count). The molecule has 1 aromatic heterocycles. The van der Waals surface area contributed by atoms with E-state index in [0.717, 1.165) is 48.3 Å². The number of aromatic nitrogens is 2. The number of aromatic carboxylic acids is 1. The van der Waals surface area contributed by atoms with E-state index in [2.05, 4.69) is 60.9 Å². The zero-order valence-electron chi connectivity index (χ0n) is 28.3. The van der Waals surface area contributed by atoms with Crippen LogP contribution >= 0.6 is 0 Å². The molecule has 0 aliphatic carbocycles. The molecule has 0 bridgehead atoms. The number of hydrogen-bond donors (Lipinski definition) is 1. The summed E-state index contributed by atoms with van der Waals surface area (Å²) in [6.07, 6.45) is 2.49. The third-order valence-electron chi connectivity index (χ3n) is 9.58. The fourth-order valence-corrected chi connectivity index (χ4v) is 6.59. The molecule has 1 fully saturated rings. The Labute approximate surface area is 278 Å². The second-order valence-electron chi connectivity index (χ2n) is 14.0. The van der Waals surface area contributed by atoms with Gasteiger partial charge in [-0.15, -0.1) is 0 Å². The maximum Gasteiger partial charge on any atom is 0.358 e. The van der Waals surface area contributed by atoms with Crippen molar-refractivity contribution in [2.24, 2.45) is 5.92 Å². The maximum absolute atomic E-state index is 15.2. The van der Waals surface area contributed by atoms with E-state index in [4.69, 9.17) is 9.16 Å². The lowest BCUT2D eigenvalue weighted by atomic mass is 9.92. The first-order chi connectivity index (χ1) is 22.3. The van der Waals surface area contributed by atoms with Crippen molar-refractivity contribution in [3.05, 3.63) is 107 Å². The number of carboxylic acids is 1. The Morgan fingerprint density at radius 3 is 2.26 bits per heavy atom. The van der Waals surface area contributed by atoms with Crippen LogP contribution in [0.2, 0.25) is 18.1 Å². The van der Waals surface area contributed by atoms with Gasteiger partial charge in [0.1, 0.15) is 18.2 Å². The Morgan fingerprint density at radius 2 is 1.64 bits per heavy atom. The first-order valence-corrected chi connectivity index (χ1v) is 19.3. The number of carbonyl (C=O) groups is 1. The molecule has 9 heteroatoms. The Bertz CT molecular complexity index is 1680.